The molecule has 0 bridgehead atoms. The van der Waals surface area contributed by atoms with Crippen molar-refractivity contribution < 1.29 is 9.53 Å². The number of likely N-dealkylation sites (tertiary alicyclic amines) is 1. The molecular formula is C19H37N5O2. The number of hydrogen-bond acceptors (Lipinski definition) is 4. The maximum absolute atomic E-state index is 12.0. The average molecular weight is 368 g/mol. The minimum absolute atomic E-state index is 0.0257. The first-order valence-corrected chi connectivity index (χ1v) is 10.1. The van der Waals surface area contributed by atoms with E-state index in [-0.39, 0.29) is 18.6 Å². The van der Waals surface area contributed by atoms with Gasteiger partial charge in [-0.05, 0) is 38.8 Å². The Kier molecular flexibility index (Phi) is 8.65. The van der Waals surface area contributed by atoms with Crippen molar-refractivity contribution in [2.45, 2.75) is 51.7 Å². The topological polar surface area (TPSA) is 60.4 Å². The van der Waals surface area contributed by atoms with Crippen molar-refractivity contribution in [3.8, 4) is 0 Å². The zero-order valence-electron chi connectivity index (χ0n) is 17.0. The van der Waals surface area contributed by atoms with E-state index < -0.39 is 0 Å². The van der Waals surface area contributed by atoms with Crippen LogP contribution in [0.3, 0.4) is 0 Å². The van der Waals surface area contributed by atoms with E-state index in [0.29, 0.717) is 6.04 Å². The first-order chi connectivity index (χ1) is 12.5. The number of carbonyl (C=O) groups excluding carboxylic acids is 1. The van der Waals surface area contributed by atoms with Gasteiger partial charge in [0.2, 0.25) is 5.91 Å². The van der Waals surface area contributed by atoms with Crippen molar-refractivity contribution in [2.75, 3.05) is 60.0 Å². The Labute approximate surface area is 158 Å². The van der Waals surface area contributed by atoms with Gasteiger partial charge < -0.3 is 19.9 Å². The molecule has 2 heterocycles. The van der Waals surface area contributed by atoms with Crippen LogP contribution in [0.5, 0.6) is 0 Å². The van der Waals surface area contributed by atoms with Crippen LogP contribution in [0.4, 0.5) is 0 Å². The van der Waals surface area contributed by atoms with Crippen molar-refractivity contribution >= 4 is 11.9 Å². The van der Waals surface area contributed by atoms with Crippen LogP contribution in [0.2, 0.25) is 0 Å². The number of nitrogens with zero attached hydrogens (tertiary/aromatic N) is 4. The van der Waals surface area contributed by atoms with Crippen LogP contribution in [-0.4, -0.2) is 98.7 Å². The molecule has 0 spiro atoms. The number of hydrogen-bond donors (Lipinski definition) is 1. The van der Waals surface area contributed by atoms with Crippen LogP contribution in [0.25, 0.3) is 0 Å². The fourth-order valence-electron chi connectivity index (χ4n) is 3.70. The molecule has 2 atom stereocenters. The van der Waals surface area contributed by atoms with Gasteiger partial charge in [-0.15, -0.1) is 0 Å². The summed E-state index contributed by atoms with van der Waals surface area (Å²) in [5.74, 6) is 0.877. The molecule has 1 N–H and O–H groups in total. The molecule has 0 radical (unpaired) electrons. The maximum Gasteiger partial charge on any atom is 0.243 e. The second-order valence-corrected chi connectivity index (χ2v) is 7.41. The van der Waals surface area contributed by atoms with E-state index in [4.69, 9.17) is 4.74 Å². The van der Waals surface area contributed by atoms with E-state index in [0.717, 1.165) is 64.6 Å². The summed E-state index contributed by atoms with van der Waals surface area (Å²) in [7, 11) is 3.54. The standard InChI is InChI=1S/C19H37N5O2/c1-5-23(6-2)16-10-11-24(15-16)19(21-14-18(25)22(3)4)20-13-17-9-7-8-12-26-17/h16-17H,5-15H2,1-4H3,(H,20,21). The summed E-state index contributed by atoms with van der Waals surface area (Å²) >= 11 is 0. The van der Waals surface area contributed by atoms with Crippen LogP contribution in [0.1, 0.15) is 39.5 Å². The number of carbonyl (C=O) groups is 1. The third-order valence-electron chi connectivity index (χ3n) is 5.42. The molecule has 2 unspecified atom stereocenters. The van der Waals surface area contributed by atoms with Crippen molar-refractivity contribution in [3.05, 3.63) is 0 Å². The summed E-state index contributed by atoms with van der Waals surface area (Å²) in [5, 5.41) is 3.48. The van der Waals surface area contributed by atoms with Crippen LogP contribution in [-0.2, 0) is 9.53 Å². The summed E-state index contributed by atoms with van der Waals surface area (Å²) < 4.78 is 5.83. The molecular weight excluding hydrogens is 330 g/mol. The van der Waals surface area contributed by atoms with E-state index in [1.165, 1.54) is 6.42 Å². The molecule has 2 rings (SSSR count). The maximum atomic E-state index is 12.0. The number of likely N-dealkylation sites (N-methyl/N-ethyl adjacent to an activating group) is 2. The number of guanidine groups is 1. The molecule has 1 amide bonds. The van der Waals surface area contributed by atoms with E-state index in [9.17, 15) is 4.79 Å². The van der Waals surface area contributed by atoms with Crippen molar-refractivity contribution in [2.24, 2.45) is 4.99 Å². The minimum atomic E-state index is 0.0257. The van der Waals surface area contributed by atoms with Gasteiger partial charge in [0.15, 0.2) is 5.96 Å². The Bertz CT molecular complexity index is 459. The molecule has 7 heteroatoms. The highest BCUT2D eigenvalue weighted by Gasteiger charge is 2.28. The predicted molar refractivity (Wildman–Crippen MR) is 105 cm³/mol. The second kappa shape index (κ2) is 10.7. The summed E-state index contributed by atoms with van der Waals surface area (Å²) in [6.07, 6.45) is 4.88. The largest absolute Gasteiger partial charge is 0.376 e. The molecule has 7 nitrogen and oxygen atoms in total. The Balaban J connectivity index is 1.97. The first-order valence-electron chi connectivity index (χ1n) is 10.1. The number of aliphatic imine (C=N–C) groups is 1. The van der Waals surface area contributed by atoms with Gasteiger partial charge in [-0.1, -0.05) is 13.8 Å². The van der Waals surface area contributed by atoms with Gasteiger partial charge in [-0.2, -0.15) is 0 Å². The number of ether oxygens (including phenoxy) is 1. The normalized spacial score (nSPS) is 24.2. The fourth-order valence-corrected chi connectivity index (χ4v) is 3.70. The SMILES string of the molecule is CCN(CC)C1CCN(C(=NCC(=O)N(C)C)NCC2CCCCO2)C1. The van der Waals surface area contributed by atoms with Gasteiger partial charge in [-0.25, -0.2) is 4.99 Å². The van der Waals surface area contributed by atoms with Gasteiger partial charge in [0.05, 0.1) is 6.10 Å². The fraction of sp³-hybridized carbons (Fsp3) is 0.895. The van der Waals surface area contributed by atoms with Gasteiger partial charge in [0, 0.05) is 46.4 Å². The highest BCUT2D eigenvalue weighted by molar-refractivity contribution is 5.85. The van der Waals surface area contributed by atoms with Gasteiger partial charge in [0.1, 0.15) is 6.54 Å². The Morgan fingerprint density at radius 3 is 2.62 bits per heavy atom. The number of rotatable bonds is 7. The van der Waals surface area contributed by atoms with Crippen LogP contribution in [0, 0.1) is 0 Å². The molecule has 150 valence electrons. The van der Waals surface area contributed by atoms with Crippen molar-refractivity contribution in [3.63, 3.8) is 0 Å². The smallest absolute Gasteiger partial charge is 0.243 e. The highest BCUT2D eigenvalue weighted by Crippen LogP contribution is 2.16. The number of nitrogens with one attached hydrogen (secondary N) is 1. The Hall–Kier alpha value is -1.34. The Morgan fingerprint density at radius 1 is 1.23 bits per heavy atom. The van der Waals surface area contributed by atoms with E-state index in [1.54, 1.807) is 19.0 Å². The lowest BCUT2D eigenvalue weighted by atomic mass is 10.1. The lowest BCUT2D eigenvalue weighted by molar-refractivity contribution is -0.127. The van der Waals surface area contributed by atoms with Crippen LogP contribution < -0.4 is 5.32 Å². The lowest BCUT2D eigenvalue weighted by Gasteiger charge is -2.29. The second-order valence-electron chi connectivity index (χ2n) is 7.41. The van der Waals surface area contributed by atoms with E-state index >= 15 is 0 Å². The molecule has 2 aliphatic heterocycles. The predicted octanol–water partition coefficient (Wildman–Crippen LogP) is 1.01. The van der Waals surface area contributed by atoms with Gasteiger partial charge in [-0.3, -0.25) is 9.69 Å². The van der Waals surface area contributed by atoms with Gasteiger partial charge >= 0.3 is 0 Å². The van der Waals surface area contributed by atoms with Gasteiger partial charge in [0.25, 0.3) is 0 Å². The molecule has 0 aliphatic carbocycles. The zero-order chi connectivity index (χ0) is 18.9. The van der Waals surface area contributed by atoms with E-state index in [1.807, 2.05) is 0 Å². The van der Waals surface area contributed by atoms with E-state index in [2.05, 4.69) is 34.0 Å². The Morgan fingerprint density at radius 2 is 2.00 bits per heavy atom. The molecule has 0 aromatic carbocycles. The minimum Gasteiger partial charge on any atom is -0.376 e. The molecule has 2 aliphatic rings. The third-order valence-corrected chi connectivity index (χ3v) is 5.42. The molecule has 0 aromatic heterocycles. The summed E-state index contributed by atoms with van der Waals surface area (Å²) in [4.78, 5) is 23.0. The molecule has 2 fully saturated rings. The lowest BCUT2D eigenvalue weighted by Crippen LogP contribution is -2.46. The van der Waals surface area contributed by atoms with Crippen molar-refractivity contribution in [1.29, 1.82) is 0 Å². The summed E-state index contributed by atoms with van der Waals surface area (Å²) in [5.41, 5.74) is 0. The molecule has 0 aromatic rings. The van der Waals surface area contributed by atoms with Crippen LogP contribution >= 0.6 is 0 Å². The zero-order valence-corrected chi connectivity index (χ0v) is 17.0. The van der Waals surface area contributed by atoms with Crippen molar-refractivity contribution in [1.82, 2.24) is 20.0 Å². The number of amides is 1. The monoisotopic (exact) mass is 367 g/mol. The summed E-state index contributed by atoms with van der Waals surface area (Å²) in [6.45, 7) is 10.3. The molecule has 2 saturated heterocycles. The van der Waals surface area contributed by atoms with Crippen LogP contribution in [0.15, 0.2) is 4.99 Å². The summed E-state index contributed by atoms with van der Waals surface area (Å²) in [6, 6.07) is 0.562. The first kappa shape index (κ1) is 21.0. The quantitative estimate of drug-likeness (QED) is 0.537. The highest BCUT2D eigenvalue weighted by atomic mass is 16.5. The molecule has 26 heavy (non-hydrogen) atoms. The third kappa shape index (κ3) is 6.13. The molecule has 0 saturated carbocycles. The average Bonchev–Trinajstić information content (AvgIpc) is 3.13.